The SMILES string of the molecule is Brc1ccc(N(C2CCC2)C2CC2)cc1. The highest BCUT2D eigenvalue weighted by atomic mass is 79.9. The monoisotopic (exact) mass is 265 g/mol. The maximum Gasteiger partial charge on any atom is 0.0371 e. The Morgan fingerprint density at radius 1 is 0.933 bits per heavy atom. The molecule has 0 amide bonds. The molecular formula is C13H16BrN. The van der Waals surface area contributed by atoms with Crippen molar-refractivity contribution in [3.8, 4) is 0 Å². The largest absolute Gasteiger partial charge is 0.366 e. The van der Waals surface area contributed by atoms with Crippen molar-refractivity contribution in [2.75, 3.05) is 4.90 Å². The fourth-order valence-corrected chi connectivity index (χ4v) is 2.61. The minimum atomic E-state index is 0.832. The van der Waals surface area contributed by atoms with Crippen LogP contribution in [0.5, 0.6) is 0 Å². The lowest BCUT2D eigenvalue weighted by atomic mass is 9.91. The molecule has 1 nitrogen and oxygen atoms in total. The number of nitrogens with zero attached hydrogens (tertiary/aromatic N) is 1. The number of hydrogen-bond donors (Lipinski definition) is 0. The van der Waals surface area contributed by atoms with E-state index < -0.39 is 0 Å². The molecule has 2 saturated carbocycles. The van der Waals surface area contributed by atoms with Crippen LogP contribution in [0.1, 0.15) is 32.1 Å². The Kier molecular flexibility index (Phi) is 2.47. The molecule has 0 saturated heterocycles. The summed E-state index contributed by atoms with van der Waals surface area (Å²) in [5.74, 6) is 0. The molecule has 2 aliphatic rings. The molecule has 0 unspecified atom stereocenters. The summed E-state index contributed by atoms with van der Waals surface area (Å²) in [7, 11) is 0. The molecule has 1 aromatic carbocycles. The fraction of sp³-hybridized carbons (Fsp3) is 0.538. The lowest BCUT2D eigenvalue weighted by molar-refractivity contribution is 0.384. The first-order chi connectivity index (χ1) is 7.34. The molecule has 0 N–H and O–H groups in total. The van der Waals surface area contributed by atoms with E-state index in [0.29, 0.717) is 0 Å². The van der Waals surface area contributed by atoms with E-state index in [9.17, 15) is 0 Å². The van der Waals surface area contributed by atoms with E-state index in [2.05, 4.69) is 45.1 Å². The molecule has 0 atom stereocenters. The Labute approximate surface area is 99.6 Å². The summed E-state index contributed by atoms with van der Waals surface area (Å²) in [4.78, 5) is 2.66. The van der Waals surface area contributed by atoms with Crippen molar-refractivity contribution in [3.05, 3.63) is 28.7 Å². The van der Waals surface area contributed by atoms with Crippen molar-refractivity contribution in [3.63, 3.8) is 0 Å². The third-order valence-electron chi connectivity index (χ3n) is 3.53. The Hall–Kier alpha value is -0.500. The summed E-state index contributed by atoms with van der Waals surface area (Å²) in [5.41, 5.74) is 1.42. The molecule has 0 aliphatic heterocycles. The number of rotatable bonds is 3. The highest BCUT2D eigenvalue weighted by Crippen LogP contribution is 2.39. The molecule has 3 rings (SSSR count). The minimum absolute atomic E-state index is 0.832. The van der Waals surface area contributed by atoms with Gasteiger partial charge in [-0.15, -0.1) is 0 Å². The van der Waals surface area contributed by atoms with Gasteiger partial charge < -0.3 is 4.90 Å². The molecular weight excluding hydrogens is 250 g/mol. The van der Waals surface area contributed by atoms with Gasteiger partial charge in [0.2, 0.25) is 0 Å². The highest BCUT2D eigenvalue weighted by molar-refractivity contribution is 9.10. The maximum absolute atomic E-state index is 3.50. The van der Waals surface area contributed by atoms with Gasteiger partial charge in [0.15, 0.2) is 0 Å². The van der Waals surface area contributed by atoms with Crippen LogP contribution in [-0.4, -0.2) is 12.1 Å². The number of anilines is 1. The van der Waals surface area contributed by atoms with Crippen molar-refractivity contribution in [1.29, 1.82) is 0 Å². The number of halogens is 1. The second-order valence-electron chi connectivity index (χ2n) is 4.70. The summed E-state index contributed by atoms with van der Waals surface area (Å²) in [6.07, 6.45) is 7.00. The first-order valence-electron chi connectivity index (χ1n) is 5.88. The smallest absolute Gasteiger partial charge is 0.0371 e. The van der Waals surface area contributed by atoms with E-state index in [0.717, 1.165) is 12.1 Å². The van der Waals surface area contributed by atoms with Crippen molar-refractivity contribution < 1.29 is 0 Å². The van der Waals surface area contributed by atoms with E-state index in [-0.39, 0.29) is 0 Å². The molecule has 0 heterocycles. The van der Waals surface area contributed by atoms with Crippen LogP contribution in [0, 0.1) is 0 Å². The third kappa shape index (κ3) is 1.92. The van der Waals surface area contributed by atoms with Crippen molar-refractivity contribution in [1.82, 2.24) is 0 Å². The van der Waals surface area contributed by atoms with Gasteiger partial charge in [0.25, 0.3) is 0 Å². The van der Waals surface area contributed by atoms with Gasteiger partial charge in [0.05, 0.1) is 0 Å². The highest BCUT2D eigenvalue weighted by Gasteiger charge is 2.36. The van der Waals surface area contributed by atoms with Crippen LogP contribution in [-0.2, 0) is 0 Å². The van der Waals surface area contributed by atoms with Crippen LogP contribution >= 0.6 is 15.9 Å². The van der Waals surface area contributed by atoms with Gasteiger partial charge in [-0.3, -0.25) is 0 Å². The summed E-state index contributed by atoms with van der Waals surface area (Å²) >= 11 is 3.50. The van der Waals surface area contributed by atoms with Crippen LogP contribution in [0.15, 0.2) is 28.7 Å². The zero-order chi connectivity index (χ0) is 10.3. The van der Waals surface area contributed by atoms with Gasteiger partial charge in [-0.05, 0) is 56.4 Å². The van der Waals surface area contributed by atoms with Gasteiger partial charge >= 0.3 is 0 Å². The van der Waals surface area contributed by atoms with E-state index >= 15 is 0 Å². The van der Waals surface area contributed by atoms with Gasteiger partial charge in [-0.25, -0.2) is 0 Å². The molecule has 15 heavy (non-hydrogen) atoms. The predicted molar refractivity (Wildman–Crippen MR) is 67.3 cm³/mol. The average molecular weight is 266 g/mol. The van der Waals surface area contributed by atoms with Crippen molar-refractivity contribution >= 4 is 21.6 Å². The van der Waals surface area contributed by atoms with E-state index in [4.69, 9.17) is 0 Å². The lowest BCUT2D eigenvalue weighted by Gasteiger charge is -2.39. The second kappa shape index (κ2) is 3.82. The Balaban J connectivity index is 1.84. The quantitative estimate of drug-likeness (QED) is 0.800. The van der Waals surface area contributed by atoms with E-state index in [1.165, 1.54) is 42.3 Å². The molecule has 0 bridgehead atoms. The van der Waals surface area contributed by atoms with E-state index in [1.807, 2.05) is 0 Å². The van der Waals surface area contributed by atoms with Crippen molar-refractivity contribution in [2.45, 2.75) is 44.2 Å². The van der Waals surface area contributed by atoms with Crippen LogP contribution in [0.4, 0.5) is 5.69 Å². The molecule has 0 radical (unpaired) electrons. The van der Waals surface area contributed by atoms with Gasteiger partial charge in [0.1, 0.15) is 0 Å². The Morgan fingerprint density at radius 2 is 1.53 bits per heavy atom. The lowest BCUT2D eigenvalue weighted by Crippen LogP contribution is -2.41. The number of hydrogen-bond acceptors (Lipinski definition) is 1. The maximum atomic E-state index is 3.50. The third-order valence-corrected chi connectivity index (χ3v) is 4.06. The molecule has 2 fully saturated rings. The second-order valence-corrected chi connectivity index (χ2v) is 5.62. The van der Waals surface area contributed by atoms with Crippen molar-refractivity contribution in [2.24, 2.45) is 0 Å². The first kappa shape index (κ1) is 9.71. The Bertz CT molecular complexity index is 338. The van der Waals surface area contributed by atoms with Gasteiger partial charge in [-0.1, -0.05) is 15.9 Å². The van der Waals surface area contributed by atoms with Gasteiger partial charge in [-0.2, -0.15) is 0 Å². The summed E-state index contributed by atoms with van der Waals surface area (Å²) in [6.45, 7) is 0. The van der Waals surface area contributed by atoms with Gasteiger partial charge in [0, 0.05) is 22.2 Å². The van der Waals surface area contributed by atoms with Crippen LogP contribution in [0.3, 0.4) is 0 Å². The zero-order valence-corrected chi connectivity index (χ0v) is 10.4. The molecule has 2 aliphatic carbocycles. The topological polar surface area (TPSA) is 3.24 Å². The summed E-state index contributed by atoms with van der Waals surface area (Å²) < 4.78 is 1.18. The Morgan fingerprint density at radius 3 is 2.00 bits per heavy atom. The van der Waals surface area contributed by atoms with Crippen LogP contribution in [0.25, 0.3) is 0 Å². The normalized spacial score (nSPS) is 21.1. The number of benzene rings is 1. The van der Waals surface area contributed by atoms with Crippen LogP contribution < -0.4 is 4.90 Å². The zero-order valence-electron chi connectivity index (χ0n) is 8.82. The molecule has 2 heteroatoms. The predicted octanol–water partition coefficient (Wildman–Crippen LogP) is 3.97. The van der Waals surface area contributed by atoms with E-state index in [1.54, 1.807) is 0 Å². The summed E-state index contributed by atoms with van der Waals surface area (Å²) in [5, 5.41) is 0. The average Bonchev–Trinajstić information content (AvgIpc) is 2.96. The molecule has 0 aromatic heterocycles. The minimum Gasteiger partial charge on any atom is -0.366 e. The fourth-order valence-electron chi connectivity index (χ4n) is 2.35. The molecule has 1 aromatic rings. The van der Waals surface area contributed by atoms with Crippen LogP contribution in [0.2, 0.25) is 0 Å². The molecule has 80 valence electrons. The first-order valence-corrected chi connectivity index (χ1v) is 6.68. The standard InChI is InChI=1S/C13H16BrN/c14-10-4-6-12(7-5-10)15(13-8-9-13)11-2-1-3-11/h4-7,11,13H,1-3,8-9H2. The molecule has 0 spiro atoms. The summed E-state index contributed by atoms with van der Waals surface area (Å²) in [6, 6.07) is 10.5.